The van der Waals surface area contributed by atoms with Crippen molar-refractivity contribution in [1.29, 1.82) is 5.26 Å². The van der Waals surface area contributed by atoms with Gasteiger partial charge >= 0.3 is 0 Å². The highest BCUT2D eigenvalue weighted by Gasteiger charge is 2.24. The first-order valence-corrected chi connectivity index (χ1v) is 5.49. The van der Waals surface area contributed by atoms with Crippen LogP contribution in [0.4, 0.5) is 5.82 Å². The van der Waals surface area contributed by atoms with Crippen LogP contribution in [0.25, 0.3) is 0 Å². The lowest BCUT2D eigenvalue weighted by atomic mass is 9.97. The smallest absolute Gasteiger partial charge is 0.142 e. The number of hydrogen-bond acceptors (Lipinski definition) is 4. The Bertz CT molecular complexity index is 540. The lowest BCUT2D eigenvalue weighted by Crippen LogP contribution is -3.08. The zero-order chi connectivity index (χ0) is 11.9. The summed E-state index contributed by atoms with van der Waals surface area (Å²) in [4.78, 5) is 1.37. The average Bonchev–Trinajstić information content (AvgIpc) is 2.28. The van der Waals surface area contributed by atoms with Crippen LogP contribution in [0.15, 0.2) is 0 Å². The summed E-state index contributed by atoms with van der Waals surface area (Å²) in [5.41, 5.74) is 8.26. The summed E-state index contributed by atoms with van der Waals surface area (Å²) < 4.78 is 1.79. The van der Waals surface area contributed by atoms with Crippen LogP contribution in [0.3, 0.4) is 0 Å². The average molecular weight is 236 g/mol. The fourth-order valence-electron chi connectivity index (χ4n) is 2.12. The van der Waals surface area contributed by atoms with Crippen molar-refractivity contribution in [2.45, 2.75) is 13.0 Å². The molecule has 1 aromatic heterocycles. The number of fused-ring (bicyclic) bond motifs is 1. The Labute approximate surface area is 98.8 Å². The van der Waals surface area contributed by atoms with Crippen molar-refractivity contribution < 1.29 is 4.90 Å². The molecule has 0 spiro atoms. The van der Waals surface area contributed by atoms with Crippen molar-refractivity contribution in [3.05, 3.63) is 21.3 Å². The van der Waals surface area contributed by atoms with Crippen molar-refractivity contribution in [2.75, 3.05) is 25.2 Å². The number of hydrogen-bond donors (Lipinski definition) is 3. The van der Waals surface area contributed by atoms with Gasteiger partial charge in [-0.25, -0.2) is 4.68 Å². The Balaban J connectivity index is 2.78. The van der Waals surface area contributed by atoms with E-state index in [0.29, 0.717) is 10.2 Å². The van der Waals surface area contributed by atoms with Gasteiger partial charge in [-0.3, -0.25) is 0 Å². The van der Waals surface area contributed by atoms with Gasteiger partial charge in [0.2, 0.25) is 0 Å². The minimum Gasteiger partial charge on any atom is -0.383 e. The van der Waals surface area contributed by atoms with Crippen molar-refractivity contribution >= 4 is 18.0 Å². The summed E-state index contributed by atoms with van der Waals surface area (Å²) in [6.45, 7) is 1.80. The van der Waals surface area contributed by atoms with Crippen molar-refractivity contribution in [3.63, 3.8) is 0 Å². The van der Waals surface area contributed by atoms with Gasteiger partial charge in [0.1, 0.15) is 23.1 Å². The van der Waals surface area contributed by atoms with Gasteiger partial charge in [-0.2, -0.15) is 5.26 Å². The van der Waals surface area contributed by atoms with E-state index in [1.54, 1.807) is 0 Å². The van der Waals surface area contributed by atoms with E-state index >= 15 is 0 Å². The van der Waals surface area contributed by atoms with Gasteiger partial charge in [0.25, 0.3) is 0 Å². The van der Waals surface area contributed by atoms with Crippen molar-refractivity contribution in [1.82, 2.24) is 4.68 Å². The summed E-state index contributed by atoms with van der Waals surface area (Å²) in [6, 6.07) is 2.12. The molecule has 5 N–H and O–H groups in total. The molecule has 0 amide bonds. The summed E-state index contributed by atoms with van der Waals surface area (Å²) in [6.07, 6.45) is 0.832. The van der Waals surface area contributed by atoms with Gasteiger partial charge < -0.3 is 16.5 Å². The van der Waals surface area contributed by atoms with Crippen LogP contribution < -0.4 is 16.5 Å². The molecule has 0 radical (unpaired) electrons. The topological polar surface area (TPSA) is 85.2 Å². The van der Waals surface area contributed by atoms with Crippen LogP contribution in [-0.2, 0) is 13.0 Å². The molecule has 1 unspecified atom stereocenters. The molecule has 16 heavy (non-hydrogen) atoms. The SMILES string of the molecule is C[NH+]1CCc2c(C#N)c(N)n(N)c(=S)c2C1. The Kier molecular flexibility index (Phi) is 2.58. The maximum Gasteiger partial charge on any atom is 0.142 e. The summed E-state index contributed by atoms with van der Waals surface area (Å²) in [5.74, 6) is 6.02. The molecule has 0 saturated heterocycles. The van der Waals surface area contributed by atoms with E-state index in [2.05, 4.69) is 13.1 Å². The van der Waals surface area contributed by atoms with Gasteiger partial charge in [0, 0.05) is 12.0 Å². The van der Waals surface area contributed by atoms with Gasteiger partial charge in [-0.05, 0) is 5.56 Å². The molecule has 0 fully saturated rings. The summed E-state index contributed by atoms with van der Waals surface area (Å²) in [7, 11) is 2.10. The molecule has 0 bridgehead atoms. The molecular formula is C10H14N5S+. The molecular weight excluding hydrogens is 222 g/mol. The van der Waals surface area contributed by atoms with Crippen LogP contribution in [-0.4, -0.2) is 18.3 Å². The highest BCUT2D eigenvalue weighted by atomic mass is 32.1. The monoisotopic (exact) mass is 236 g/mol. The van der Waals surface area contributed by atoms with E-state index in [0.717, 1.165) is 30.6 Å². The number of anilines is 1. The number of rotatable bonds is 0. The molecule has 2 rings (SSSR count). The molecule has 84 valence electrons. The van der Waals surface area contributed by atoms with Gasteiger partial charge in [0.05, 0.1) is 19.2 Å². The van der Waals surface area contributed by atoms with E-state index in [1.807, 2.05) is 0 Å². The molecule has 5 nitrogen and oxygen atoms in total. The second-order valence-electron chi connectivity index (χ2n) is 4.14. The Morgan fingerprint density at radius 2 is 2.19 bits per heavy atom. The Morgan fingerprint density at radius 1 is 1.50 bits per heavy atom. The van der Waals surface area contributed by atoms with Gasteiger partial charge in [-0.15, -0.1) is 0 Å². The normalized spacial score (nSPS) is 18.9. The molecule has 1 aromatic rings. The van der Waals surface area contributed by atoms with Crippen LogP contribution in [0.5, 0.6) is 0 Å². The zero-order valence-electron chi connectivity index (χ0n) is 9.08. The summed E-state index contributed by atoms with van der Waals surface area (Å²) in [5, 5.41) is 9.12. The molecule has 0 aromatic carbocycles. The molecule has 2 heterocycles. The standard InChI is InChI=1S/C10H13N5S/c1-14-3-2-6-7(4-11)9(12)15(13)10(16)8(6)5-14/h2-3,5,12-13H2,1H3/p+1. The number of pyridine rings is 1. The fourth-order valence-corrected chi connectivity index (χ4v) is 2.42. The summed E-state index contributed by atoms with van der Waals surface area (Å²) >= 11 is 5.26. The maximum absolute atomic E-state index is 9.12. The second kappa shape index (κ2) is 3.77. The minimum atomic E-state index is 0.269. The van der Waals surface area contributed by atoms with Gasteiger partial charge in [0.15, 0.2) is 0 Å². The third-order valence-corrected chi connectivity index (χ3v) is 3.49. The lowest BCUT2D eigenvalue weighted by Gasteiger charge is -2.24. The first-order chi connectivity index (χ1) is 7.56. The molecule has 0 saturated carbocycles. The molecule has 6 heteroatoms. The Hall–Kier alpha value is -1.58. The van der Waals surface area contributed by atoms with Gasteiger partial charge in [-0.1, -0.05) is 12.2 Å². The van der Waals surface area contributed by atoms with E-state index in [9.17, 15) is 0 Å². The number of nitriles is 1. The van der Waals surface area contributed by atoms with Crippen LogP contribution in [0.1, 0.15) is 16.7 Å². The number of nitrogens with two attached hydrogens (primary N) is 2. The number of aromatic nitrogens is 1. The first kappa shape index (κ1) is 10.9. The van der Waals surface area contributed by atoms with E-state index in [4.69, 9.17) is 29.1 Å². The molecule has 1 aliphatic heterocycles. The minimum absolute atomic E-state index is 0.269. The van der Waals surface area contributed by atoms with E-state index < -0.39 is 0 Å². The first-order valence-electron chi connectivity index (χ1n) is 5.09. The van der Waals surface area contributed by atoms with Crippen LogP contribution in [0.2, 0.25) is 0 Å². The second-order valence-corrected chi connectivity index (χ2v) is 4.52. The predicted octanol–water partition coefficient (Wildman–Crippen LogP) is -1.04. The number of likely N-dealkylation sites (N-methyl/N-ethyl adjacent to an activating group) is 1. The van der Waals surface area contributed by atoms with E-state index in [1.165, 1.54) is 9.58 Å². The third kappa shape index (κ3) is 1.45. The number of nitrogen functional groups attached to an aromatic ring is 2. The van der Waals surface area contributed by atoms with Crippen molar-refractivity contribution in [2.24, 2.45) is 0 Å². The predicted molar refractivity (Wildman–Crippen MR) is 63.7 cm³/mol. The fraction of sp³-hybridized carbons (Fsp3) is 0.400. The number of nitrogens with one attached hydrogen (secondary N) is 1. The lowest BCUT2D eigenvalue weighted by molar-refractivity contribution is -0.895. The number of nitrogens with zero attached hydrogens (tertiary/aromatic N) is 2. The third-order valence-electron chi connectivity index (χ3n) is 3.05. The van der Waals surface area contributed by atoms with Crippen LogP contribution >= 0.6 is 12.2 Å². The molecule has 1 atom stereocenters. The largest absolute Gasteiger partial charge is 0.383 e. The zero-order valence-corrected chi connectivity index (χ0v) is 9.90. The Morgan fingerprint density at radius 3 is 2.81 bits per heavy atom. The quantitative estimate of drug-likeness (QED) is 0.396. The van der Waals surface area contributed by atoms with Crippen LogP contribution in [0, 0.1) is 16.0 Å². The number of quaternary nitrogens is 1. The highest BCUT2D eigenvalue weighted by Crippen LogP contribution is 2.22. The molecule has 1 aliphatic rings. The van der Waals surface area contributed by atoms with E-state index in [-0.39, 0.29) is 5.82 Å². The van der Waals surface area contributed by atoms with Crippen molar-refractivity contribution in [3.8, 4) is 6.07 Å². The highest BCUT2D eigenvalue weighted by molar-refractivity contribution is 7.71. The molecule has 0 aliphatic carbocycles. The maximum atomic E-state index is 9.12.